The van der Waals surface area contributed by atoms with Gasteiger partial charge in [-0.3, -0.25) is 9.48 Å². The highest BCUT2D eigenvalue weighted by Gasteiger charge is 2.15. The van der Waals surface area contributed by atoms with E-state index < -0.39 is 0 Å². The second-order valence-electron chi connectivity index (χ2n) is 3.24. The molecular formula is C9H15N3O. The zero-order valence-electron chi connectivity index (χ0n) is 8.75. The van der Waals surface area contributed by atoms with Gasteiger partial charge in [0.2, 0.25) is 5.91 Å². The van der Waals surface area contributed by atoms with Gasteiger partial charge in [0, 0.05) is 26.6 Å². The normalized spacial score (nSPS) is 10.2. The Bertz CT molecular complexity index is 341. The molecule has 4 nitrogen and oxygen atoms in total. The molecule has 0 radical (unpaired) electrons. The van der Waals surface area contributed by atoms with Crippen LogP contribution >= 0.6 is 0 Å². The summed E-state index contributed by atoms with van der Waals surface area (Å²) in [6.07, 6.45) is 0. The minimum Gasteiger partial charge on any atom is -0.300 e. The molecule has 0 aliphatic carbocycles. The summed E-state index contributed by atoms with van der Waals surface area (Å²) in [5, 5.41) is 4.24. The summed E-state index contributed by atoms with van der Waals surface area (Å²) in [4.78, 5) is 12.7. The topological polar surface area (TPSA) is 38.1 Å². The highest BCUT2D eigenvalue weighted by atomic mass is 16.2. The number of nitrogens with zero attached hydrogens (tertiary/aromatic N) is 3. The summed E-state index contributed by atoms with van der Waals surface area (Å²) in [6.45, 7) is 5.45. The van der Waals surface area contributed by atoms with Crippen molar-refractivity contribution in [2.45, 2.75) is 20.8 Å². The lowest BCUT2D eigenvalue weighted by molar-refractivity contribution is -0.116. The molecule has 0 fully saturated rings. The summed E-state index contributed by atoms with van der Waals surface area (Å²) < 4.78 is 1.73. The molecule has 72 valence electrons. The first-order valence-corrected chi connectivity index (χ1v) is 4.19. The molecule has 0 saturated carbocycles. The summed E-state index contributed by atoms with van der Waals surface area (Å²) in [7, 11) is 3.60. The summed E-state index contributed by atoms with van der Waals surface area (Å²) in [6, 6.07) is 0. The molecule has 4 heteroatoms. The molecule has 0 unspecified atom stereocenters. The van der Waals surface area contributed by atoms with Crippen LogP contribution in [-0.4, -0.2) is 22.7 Å². The van der Waals surface area contributed by atoms with E-state index in [9.17, 15) is 4.79 Å². The first-order valence-electron chi connectivity index (χ1n) is 4.19. The largest absolute Gasteiger partial charge is 0.300 e. The Balaban J connectivity index is 3.20. The van der Waals surface area contributed by atoms with E-state index in [2.05, 4.69) is 5.10 Å². The van der Waals surface area contributed by atoms with Crippen molar-refractivity contribution in [2.24, 2.45) is 7.05 Å². The maximum atomic E-state index is 11.1. The summed E-state index contributed by atoms with van der Waals surface area (Å²) in [5.74, 6) is 0.885. The van der Waals surface area contributed by atoms with E-state index in [-0.39, 0.29) is 5.91 Å². The van der Waals surface area contributed by atoms with E-state index in [4.69, 9.17) is 0 Å². The van der Waals surface area contributed by atoms with Gasteiger partial charge in [-0.15, -0.1) is 0 Å². The minimum absolute atomic E-state index is 0.0195. The number of carbonyl (C=O) groups is 1. The molecule has 1 amide bonds. The molecule has 0 bridgehead atoms. The van der Waals surface area contributed by atoms with Crippen molar-refractivity contribution in [2.75, 3.05) is 11.9 Å². The molecule has 0 atom stereocenters. The predicted octanol–water partition coefficient (Wildman–Crippen LogP) is 1.02. The number of rotatable bonds is 1. The second-order valence-corrected chi connectivity index (χ2v) is 3.24. The van der Waals surface area contributed by atoms with Gasteiger partial charge in [0.15, 0.2) is 0 Å². The van der Waals surface area contributed by atoms with Crippen LogP contribution in [0, 0.1) is 13.8 Å². The van der Waals surface area contributed by atoms with Gasteiger partial charge in [-0.25, -0.2) is 0 Å². The Kier molecular flexibility index (Phi) is 2.40. The Morgan fingerprint density at radius 2 is 2.00 bits per heavy atom. The number of aryl methyl sites for hydroxylation is 2. The highest BCUT2D eigenvalue weighted by molar-refractivity contribution is 5.90. The van der Waals surface area contributed by atoms with Crippen LogP contribution in [0.15, 0.2) is 0 Å². The van der Waals surface area contributed by atoms with Gasteiger partial charge in [-0.1, -0.05) is 0 Å². The fourth-order valence-corrected chi connectivity index (χ4v) is 1.37. The molecule has 13 heavy (non-hydrogen) atoms. The van der Waals surface area contributed by atoms with Crippen LogP contribution in [0.3, 0.4) is 0 Å². The van der Waals surface area contributed by atoms with Gasteiger partial charge in [-0.05, 0) is 13.8 Å². The fraction of sp³-hybridized carbons (Fsp3) is 0.556. The third-order valence-corrected chi connectivity index (χ3v) is 2.27. The zero-order valence-corrected chi connectivity index (χ0v) is 8.75. The van der Waals surface area contributed by atoms with E-state index in [1.807, 2.05) is 20.9 Å². The lowest BCUT2D eigenvalue weighted by atomic mass is 10.2. The van der Waals surface area contributed by atoms with Gasteiger partial charge in [0.1, 0.15) is 5.82 Å². The molecule has 0 spiro atoms. The third-order valence-electron chi connectivity index (χ3n) is 2.27. The number of aromatic nitrogens is 2. The van der Waals surface area contributed by atoms with Crippen molar-refractivity contribution in [3.63, 3.8) is 0 Å². The van der Waals surface area contributed by atoms with E-state index in [0.29, 0.717) is 0 Å². The summed E-state index contributed by atoms with van der Waals surface area (Å²) >= 11 is 0. The Labute approximate surface area is 78.1 Å². The van der Waals surface area contributed by atoms with E-state index in [1.54, 1.807) is 23.6 Å². The van der Waals surface area contributed by atoms with Gasteiger partial charge < -0.3 is 4.90 Å². The van der Waals surface area contributed by atoms with Crippen molar-refractivity contribution >= 4 is 11.7 Å². The Morgan fingerprint density at radius 1 is 1.46 bits per heavy atom. The van der Waals surface area contributed by atoms with Crippen molar-refractivity contribution in [1.82, 2.24) is 9.78 Å². The number of anilines is 1. The van der Waals surface area contributed by atoms with Gasteiger partial charge in [-0.2, -0.15) is 5.10 Å². The second kappa shape index (κ2) is 3.20. The highest BCUT2D eigenvalue weighted by Crippen LogP contribution is 2.20. The van der Waals surface area contributed by atoms with Crippen molar-refractivity contribution in [1.29, 1.82) is 0 Å². The van der Waals surface area contributed by atoms with Crippen LogP contribution in [0.5, 0.6) is 0 Å². The van der Waals surface area contributed by atoms with E-state index >= 15 is 0 Å². The molecular weight excluding hydrogens is 166 g/mol. The number of amides is 1. The SMILES string of the molecule is CC(=O)N(C)c1c(C)c(C)nn1C. The molecule has 1 heterocycles. The quantitative estimate of drug-likeness (QED) is 0.648. The smallest absolute Gasteiger partial charge is 0.224 e. The monoisotopic (exact) mass is 181 g/mol. The van der Waals surface area contributed by atoms with Crippen LogP contribution < -0.4 is 4.90 Å². The average Bonchev–Trinajstić information content (AvgIpc) is 2.26. The summed E-state index contributed by atoms with van der Waals surface area (Å²) in [5.41, 5.74) is 2.02. The van der Waals surface area contributed by atoms with Gasteiger partial charge >= 0.3 is 0 Å². The third kappa shape index (κ3) is 1.56. The predicted molar refractivity (Wildman–Crippen MR) is 51.8 cm³/mol. The molecule has 0 N–H and O–H groups in total. The maximum Gasteiger partial charge on any atom is 0.224 e. The molecule has 1 aromatic heterocycles. The standard InChI is InChI=1S/C9H15N3O/c1-6-7(2)10-12(5)9(6)11(4)8(3)13/h1-5H3. The molecule has 0 saturated heterocycles. The van der Waals surface area contributed by atoms with E-state index in [0.717, 1.165) is 17.1 Å². The lowest BCUT2D eigenvalue weighted by Gasteiger charge is -2.15. The molecule has 0 aromatic carbocycles. The van der Waals surface area contributed by atoms with Crippen LogP contribution in [0.25, 0.3) is 0 Å². The number of carbonyl (C=O) groups excluding carboxylic acids is 1. The molecule has 1 rings (SSSR count). The Morgan fingerprint density at radius 3 is 2.31 bits per heavy atom. The van der Waals surface area contributed by atoms with Crippen LogP contribution in [0.1, 0.15) is 18.2 Å². The van der Waals surface area contributed by atoms with Crippen molar-refractivity contribution in [3.8, 4) is 0 Å². The van der Waals surface area contributed by atoms with Crippen LogP contribution in [-0.2, 0) is 11.8 Å². The van der Waals surface area contributed by atoms with Gasteiger partial charge in [0.25, 0.3) is 0 Å². The molecule has 0 aliphatic heterocycles. The Hall–Kier alpha value is -1.32. The first-order chi connectivity index (χ1) is 5.95. The van der Waals surface area contributed by atoms with Crippen LogP contribution in [0.2, 0.25) is 0 Å². The van der Waals surface area contributed by atoms with Crippen molar-refractivity contribution in [3.05, 3.63) is 11.3 Å². The first kappa shape index (κ1) is 9.77. The maximum absolute atomic E-state index is 11.1. The van der Waals surface area contributed by atoms with Gasteiger partial charge in [0.05, 0.1) is 5.69 Å². The van der Waals surface area contributed by atoms with Crippen LogP contribution in [0.4, 0.5) is 5.82 Å². The number of hydrogen-bond acceptors (Lipinski definition) is 2. The zero-order chi connectivity index (χ0) is 10.2. The van der Waals surface area contributed by atoms with E-state index in [1.165, 1.54) is 0 Å². The number of hydrogen-bond donors (Lipinski definition) is 0. The van der Waals surface area contributed by atoms with Crippen molar-refractivity contribution < 1.29 is 4.79 Å². The fourth-order valence-electron chi connectivity index (χ4n) is 1.37. The lowest BCUT2D eigenvalue weighted by Crippen LogP contribution is -2.25. The average molecular weight is 181 g/mol. The minimum atomic E-state index is 0.0195. The molecule has 1 aromatic rings. The molecule has 0 aliphatic rings.